The van der Waals surface area contributed by atoms with E-state index in [1.165, 1.54) is 24.4 Å². The van der Waals surface area contributed by atoms with E-state index in [0.717, 1.165) is 22.3 Å². The predicted octanol–water partition coefficient (Wildman–Crippen LogP) is 2.79. The number of benzene rings is 1. The highest BCUT2D eigenvalue weighted by Crippen LogP contribution is 2.31. The summed E-state index contributed by atoms with van der Waals surface area (Å²) in [4.78, 5) is 4.49. The summed E-state index contributed by atoms with van der Waals surface area (Å²) in [7, 11) is 1.66. The first-order chi connectivity index (χ1) is 8.36. The minimum Gasteiger partial charge on any atom is -0.496 e. The number of nitrogens with one attached hydrogen (secondary N) is 1. The first kappa shape index (κ1) is 10.5. The summed E-state index contributed by atoms with van der Waals surface area (Å²) < 4.78 is 9.67. The van der Waals surface area contributed by atoms with Crippen LogP contribution in [0.25, 0.3) is 11.4 Å². The summed E-state index contributed by atoms with van der Waals surface area (Å²) in [5.74, 6) is 1.54. The van der Waals surface area contributed by atoms with Gasteiger partial charge in [-0.2, -0.15) is 9.36 Å². The molecule has 1 aromatic carbocycles. The van der Waals surface area contributed by atoms with E-state index in [0.29, 0.717) is 6.04 Å². The molecule has 1 heterocycles. The topological polar surface area (TPSA) is 47.0 Å². The number of aromatic nitrogens is 2. The number of rotatable bonds is 4. The SMILES string of the molecule is COc1ccccc1-c1nsc(NC2CC2)n1. The van der Waals surface area contributed by atoms with Crippen molar-refractivity contribution in [3.05, 3.63) is 24.3 Å². The molecular formula is C12H13N3OS. The van der Waals surface area contributed by atoms with Crippen LogP contribution in [-0.4, -0.2) is 22.5 Å². The van der Waals surface area contributed by atoms with Gasteiger partial charge >= 0.3 is 0 Å². The molecule has 5 heteroatoms. The lowest BCUT2D eigenvalue weighted by Crippen LogP contribution is -1.99. The van der Waals surface area contributed by atoms with Crippen LogP contribution in [-0.2, 0) is 0 Å². The van der Waals surface area contributed by atoms with Gasteiger partial charge in [-0.25, -0.2) is 0 Å². The predicted molar refractivity (Wildman–Crippen MR) is 68.5 cm³/mol. The lowest BCUT2D eigenvalue weighted by Gasteiger charge is -2.03. The van der Waals surface area contributed by atoms with Crippen LogP contribution in [0.2, 0.25) is 0 Å². The molecule has 3 rings (SSSR count). The van der Waals surface area contributed by atoms with E-state index in [4.69, 9.17) is 4.74 Å². The van der Waals surface area contributed by atoms with Gasteiger partial charge in [0.15, 0.2) is 5.82 Å². The van der Waals surface area contributed by atoms with Gasteiger partial charge < -0.3 is 10.1 Å². The Kier molecular flexibility index (Phi) is 2.68. The Hall–Kier alpha value is -1.62. The fourth-order valence-electron chi connectivity index (χ4n) is 1.62. The molecule has 0 atom stereocenters. The van der Waals surface area contributed by atoms with Gasteiger partial charge in [-0.1, -0.05) is 12.1 Å². The molecule has 4 nitrogen and oxygen atoms in total. The first-order valence-corrected chi connectivity index (χ1v) is 6.38. The standard InChI is InChI=1S/C12H13N3OS/c1-16-10-5-3-2-4-9(10)11-14-12(17-15-11)13-8-6-7-8/h2-5,8H,6-7H2,1H3,(H,13,14,15). The number of ether oxygens (including phenoxy) is 1. The second kappa shape index (κ2) is 4.33. The van der Waals surface area contributed by atoms with Crippen molar-refractivity contribution in [1.82, 2.24) is 9.36 Å². The van der Waals surface area contributed by atoms with E-state index < -0.39 is 0 Å². The van der Waals surface area contributed by atoms with Gasteiger partial charge in [-0.05, 0) is 25.0 Å². The van der Waals surface area contributed by atoms with Crippen molar-refractivity contribution in [1.29, 1.82) is 0 Å². The summed E-state index contributed by atoms with van der Waals surface area (Å²) >= 11 is 1.40. The van der Waals surface area contributed by atoms with Crippen molar-refractivity contribution in [2.75, 3.05) is 12.4 Å². The molecular weight excluding hydrogens is 234 g/mol. The van der Waals surface area contributed by atoms with E-state index in [9.17, 15) is 0 Å². The molecule has 2 aromatic rings. The summed E-state index contributed by atoms with van der Waals surface area (Å²) in [5, 5.41) is 4.24. The summed E-state index contributed by atoms with van der Waals surface area (Å²) in [6, 6.07) is 8.41. The van der Waals surface area contributed by atoms with Crippen molar-refractivity contribution in [2.24, 2.45) is 0 Å². The van der Waals surface area contributed by atoms with Crippen LogP contribution in [0, 0.1) is 0 Å². The summed E-state index contributed by atoms with van der Waals surface area (Å²) in [6.07, 6.45) is 2.48. The van der Waals surface area contributed by atoms with E-state index >= 15 is 0 Å². The number of hydrogen-bond donors (Lipinski definition) is 1. The van der Waals surface area contributed by atoms with Crippen LogP contribution < -0.4 is 10.1 Å². The van der Waals surface area contributed by atoms with E-state index in [1.54, 1.807) is 7.11 Å². The average Bonchev–Trinajstić information content (AvgIpc) is 3.05. The molecule has 0 amide bonds. The zero-order chi connectivity index (χ0) is 11.7. The molecule has 1 aromatic heterocycles. The van der Waals surface area contributed by atoms with Gasteiger partial charge in [0.05, 0.1) is 12.7 Å². The van der Waals surface area contributed by atoms with Crippen LogP contribution in [0.5, 0.6) is 5.75 Å². The molecule has 0 saturated heterocycles. The number of methoxy groups -OCH3 is 1. The Balaban J connectivity index is 1.88. The van der Waals surface area contributed by atoms with Crippen molar-refractivity contribution >= 4 is 16.7 Å². The highest BCUT2D eigenvalue weighted by Gasteiger charge is 2.22. The van der Waals surface area contributed by atoms with Crippen LogP contribution in [0.1, 0.15) is 12.8 Å². The monoisotopic (exact) mass is 247 g/mol. The Labute approximate surface area is 104 Å². The highest BCUT2D eigenvalue weighted by molar-refractivity contribution is 7.09. The number of para-hydroxylation sites is 1. The Morgan fingerprint density at radius 2 is 2.18 bits per heavy atom. The minimum atomic E-state index is 0.605. The fraction of sp³-hybridized carbons (Fsp3) is 0.333. The molecule has 17 heavy (non-hydrogen) atoms. The van der Waals surface area contributed by atoms with Crippen molar-refractivity contribution < 1.29 is 4.74 Å². The molecule has 88 valence electrons. The van der Waals surface area contributed by atoms with Crippen molar-refractivity contribution in [2.45, 2.75) is 18.9 Å². The second-order valence-corrected chi connectivity index (χ2v) is 4.79. The summed E-state index contributed by atoms with van der Waals surface area (Å²) in [6.45, 7) is 0. The Morgan fingerprint density at radius 1 is 1.35 bits per heavy atom. The Morgan fingerprint density at radius 3 is 2.94 bits per heavy atom. The van der Waals surface area contributed by atoms with Crippen molar-refractivity contribution in [3.8, 4) is 17.1 Å². The van der Waals surface area contributed by atoms with E-state index in [1.807, 2.05) is 24.3 Å². The molecule has 1 fully saturated rings. The zero-order valence-corrected chi connectivity index (χ0v) is 10.3. The molecule has 0 bridgehead atoms. The molecule has 0 spiro atoms. The number of hydrogen-bond acceptors (Lipinski definition) is 5. The third-order valence-corrected chi connectivity index (χ3v) is 3.33. The van der Waals surface area contributed by atoms with E-state index in [2.05, 4.69) is 14.7 Å². The maximum Gasteiger partial charge on any atom is 0.203 e. The zero-order valence-electron chi connectivity index (χ0n) is 9.51. The lowest BCUT2D eigenvalue weighted by molar-refractivity contribution is 0.416. The highest BCUT2D eigenvalue weighted by atomic mass is 32.1. The van der Waals surface area contributed by atoms with Gasteiger partial charge in [-0.15, -0.1) is 0 Å². The maximum absolute atomic E-state index is 5.31. The van der Waals surface area contributed by atoms with Gasteiger partial charge in [0.1, 0.15) is 5.75 Å². The second-order valence-electron chi connectivity index (χ2n) is 4.04. The largest absolute Gasteiger partial charge is 0.496 e. The maximum atomic E-state index is 5.31. The molecule has 0 aliphatic heterocycles. The normalized spacial score (nSPS) is 14.6. The summed E-state index contributed by atoms with van der Waals surface area (Å²) in [5.41, 5.74) is 0.940. The van der Waals surface area contributed by atoms with Crippen LogP contribution >= 0.6 is 11.5 Å². The van der Waals surface area contributed by atoms with Gasteiger partial charge in [0, 0.05) is 17.6 Å². The lowest BCUT2D eigenvalue weighted by atomic mass is 10.2. The minimum absolute atomic E-state index is 0.605. The molecule has 1 saturated carbocycles. The molecule has 1 N–H and O–H groups in total. The quantitative estimate of drug-likeness (QED) is 0.902. The Bertz CT molecular complexity index is 522. The van der Waals surface area contributed by atoms with Crippen LogP contribution in [0.3, 0.4) is 0 Å². The fourth-order valence-corrected chi connectivity index (χ4v) is 2.28. The number of nitrogens with zero attached hydrogens (tertiary/aromatic N) is 2. The van der Waals surface area contributed by atoms with Crippen LogP contribution in [0.4, 0.5) is 5.13 Å². The number of anilines is 1. The van der Waals surface area contributed by atoms with Gasteiger partial charge in [0.25, 0.3) is 0 Å². The molecule has 0 radical (unpaired) electrons. The molecule has 1 aliphatic rings. The van der Waals surface area contributed by atoms with Gasteiger partial charge in [-0.3, -0.25) is 0 Å². The average molecular weight is 247 g/mol. The first-order valence-electron chi connectivity index (χ1n) is 5.60. The smallest absolute Gasteiger partial charge is 0.203 e. The van der Waals surface area contributed by atoms with Gasteiger partial charge in [0.2, 0.25) is 5.13 Å². The molecule has 1 aliphatic carbocycles. The van der Waals surface area contributed by atoms with E-state index in [-0.39, 0.29) is 0 Å². The molecule has 0 unspecified atom stereocenters. The third kappa shape index (κ3) is 2.24. The van der Waals surface area contributed by atoms with Crippen LogP contribution in [0.15, 0.2) is 24.3 Å². The third-order valence-electron chi connectivity index (χ3n) is 2.68. The van der Waals surface area contributed by atoms with Crippen molar-refractivity contribution in [3.63, 3.8) is 0 Å².